The van der Waals surface area contributed by atoms with Gasteiger partial charge in [-0.15, -0.1) is 0 Å². The smallest absolute Gasteiger partial charge is 0.255 e. The monoisotopic (exact) mass is 263 g/mol. The molecule has 1 saturated carbocycles. The number of hydrogen-bond acceptors (Lipinski definition) is 3. The molecule has 19 heavy (non-hydrogen) atoms. The van der Waals surface area contributed by atoms with Gasteiger partial charge in [-0.2, -0.15) is 0 Å². The Kier molecular flexibility index (Phi) is 4.43. The summed E-state index contributed by atoms with van der Waals surface area (Å²) in [5, 5.41) is 22.4. The number of rotatable bonds is 3. The van der Waals surface area contributed by atoms with Gasteiger partial charge in [-0.3, -0.25) is 4.79 Å². The van der Waals surface area contributed by atoms with E-state index in [2.05, 4.69) is 5.32 Å². The van der Waals surface area contributed by atoms with Gasteiger partial charge < -0.3 is 15.5 Å². The van der Waals surface area contributed by atoms with Crippen LogP contribution in [0, 0.1) is 12.8 Å². The van der Waals surface area contributed by atoms with Crippen molar-refractivity contribution in [3.05, 3.63) is 29.3 Å². The van der Waals surface area contributed by atoms with Crippen LogP contribution in [0.3, 0.4) is 0 Å². The van der Waals surface area contributed by atoms with E-state index >= 15 is 0 Å². The maximum absolute atomic E-state index is 12.0. The Balaban J connectivity index is 1.93. The van der Waals surface area contributed by atoms with E-state index < -0.39 is 0 Å². The lowest BCUT2D eigenvalue weighted by Gasteiger charge is -2.27. The van der Waals surface area contributed by atoms with Crippen LogP contribution in [-0.2, 0) is 0 Å². The van der Waals surface area contributed by atoms with E-state index in [0.29, 0.717) is 6.54 Å². The van der Waals surface area contributed by atoms with E-state index in [0.717, 1.165) is 31.2 Å². The number of amides is 1. The van der Waals surface area contributed by atoms with Crippen molar-refractivity contribution in [1.29, 1.82) is 0 Å². The Morgan fingerprint density at radius 3 is 2.79 bits per heavy atom. The molecule has 0 aliphatic heterocycles. The molecule has 1 aliphatic carbocycles. The summed E-state index contributed by atoms with van der Waals surface area (Å²) in [7, 11) is 0. The van der Waals surface area contributed by atoms with Gasteiger partial charge in [0.15, 0.2) is 0 Å². The number of benzene rings is 1. The van der Waals surface area contributed by atoms with Crippen LogP contribution in [0.2, 0.25) is 0 Å². The molecule has 0 heterocycles. The van der Waals surface area contributed by atoms with E-state index in [1.54, 1.807) is 18.2 Å². The number of phenols is 1. The van der Waals surface area contributed by atoms with E-state index in [-0.39, 0.29) is 29.2 Å². The lowest BCUT2D eigenvalue weighted by atomic mass is 9.86. The Morgan fingerprint density at radius 2 is 2.11 bits per heavy atom. The molecule has 4 nitrogen and oxygen atoms in total. The van der Waals surface area contributed by atoms with Gasteiger partial charge in [0.05, 0.1) is 11.7 Å². The average molecular weight is 263 g/mol. The highest BCUT2D eigenvalue weighted by molar-refractivity contribution is 5.96. The van der Waals surface area contributed by atoms with Gasteiger partial charge in [0.1, 0.15) is 5.75 Å². The molecule has 0 spiro atoms. The zero-order valence-electron chi connectivity index (χ0n) is 11.2. The first kappa shape index (κ1) is 13.9. The van der Waals surface area contributed by atoms with Crippen LogP contribution in [-0.4, -0.2) is 28.8 Å². The maximum Gasteiger partial charge on any atom is 0.255 e. The Morgan fingerprint density at radius 1 is 1.37 bits per heavy atom. The maximum atomic E-state index is 12.0. The molecule has 1 aromatic rings. The summed E-state index contributed by atoms with van der Waals surface area (Å²) in [6.45, 7) is 2.33. The summed E-state index contributed by atoms with van der Waals surface area (Å²) in [5.74, 6) is -0.151. The van der Waals surface area contributed by atoms with Crippen LogP contribution in [0.1, 0.15) is 41.6 Å². The van der Waals surface area contributed by atoms with Crippen LogP contribution in [0.5, 0.6) is 5.75 Å². The lowest BCUT2D eigenvalue weighted by molar-refractivity contribution is 0.0662. The number of carbonyl (C=O) groups excluding carboxylic acids is 1. The third-order valence-corrected chi connectivity index (χ3v) is 3.79. The topological polar surface area (TPSA) is 69.6 Å². The van der Waals surface area contributed by atoms with Gasteiger partial charge in [0.2, 0.25) is 0 Å². The van der Waals surface area contributed by atoms with Crippen molar-refractivity contribution in [3.8, 4) is 5.75 Å². The number of aryl methyl sites for hydroxylation is 1. The minimum atomic E-state index is -0.319. The molecule has 0 saturated heterocycles. The predicted octanol–water partition coefficient (Wildman–Crippen LogP) is 1.98. The number of aromatic hydroxyl groups is 1. The number of carbonyl (C=O) groups is 1. The fourth-order valence-corrected chi connectivity index (χ4v) is 2.58. The highest BCUT2D eigenvalue weighted by atomic mass is 16.3. The molecule has 2 rings (SSSR count). The van der Waals surface area contributed by atoms with E-state index in [4.69, 9.17) is 0 Å². The van der Waals surface area contributed by atoms with Gasteiger partial charge in [0.25, 0.3) is 5.91 Å². The second kappa shape index (κ2) is 6.06. The lowest BCUT2D eigenvalue weighted by Crippen LogP contribution is -2.36. The molecular formula is C15H21NO3. The average Bonchev–Trinajstić information content (AvgIpc) is 2.37. The Bertz CT molecular complexity index is 459. The van der Waals surface area contributed by atoms with Crippen LogP contribution >= 0.6 is 0 Å². The van der Waals surface area contributed by atoms with Crippen molar-refractivity contribution in [2.45, 2.75) is 38.7 Å². The Hall–Kier alpha value is -1.55. The third-order valence-electron chi connectivity index (χ3n) is 3.79. The minimum absolute atomic E-state index is 0.00157. The molecule has 0 aromatic heterocycles. The molecule has 2 atom stereocenters. The van der Waals surface area contributed by atoms with Crippen LogP contribution in [0.15, 0.2) is 18.2 Å². The van der Waals surface area contributed by atoms with Crippen molar-refractivity contribution >= 4 is 5.91 Å². The summed E-state index contributed by atoms with van der Waals surface area (Å²) in [6, 6.07) is 4.99. The second-order valence-corrected chi connectivity index (χ2v) is 5.34. The standard InChI is InChI=1S/C15H21NO3/c1-10-6-7-12(14(18)8-10)15(19)16-9-11-4-2-3-5-13(11)17/h6-8,11,13,17-18H,2-5,9H2,1H3,(H,16,19). The molecule has 1 aromatic carbocycles. The third kappa shape index (κ3) is 3.47. The molecule has 2 unspecified atom stereocenters. The summed E-state index contributed by atoms with van der Waals surface area (Å²) >= 11 is 0. The van der Waals surface area contributed by atoms with Gasteiger partial charge in [0, 0.05) is 12.5 Å². The highest BCUT2D eigenvalue weighted by Crippen LogP contribution is 2.24. The van der Waals surface area contributed by atoms with E-state index in [1.165, 1.54) is 0 Å². The zero-order valence-corrected chi connectivity index (χ0v) is 11.2. The minimum Gasteiger partial charge on any atom is -0.507 e. The van der Waals surface area contributed by atoms with Crippen LogP contribution in [0.25, 0.3) is 0 Å². The van der Waals surface area contributed by atoms with Gasteiger partial charge >= 0.3 is 0 Å². The molecular weight excluding hydrogens is 242 g/mol. The molecule has 1 fully saturated rings. The van der Waals surface area contributed by atoms with E-state index in [1.807, 2.05) is 6.92 Å². The SMILES string of the molecule is Cc1ccc(C(=O)NCC2CCCCC2O)c(O)c1. The predicted molar refractivity (Wildman–Crippen MR) is 73.1 cm³/mol. The van der Waals surface area contributed by atoms with Crippen molar-refractivity contribution in [3.63, 3.8) is 0 Å². The molecule has 0 radical (unpaired) electrons. The number of phenolic OH excluding ortho intramolecular Hbond substituents is 1. The largest absolute Gasteiger partial charge is 0.507 e. The normalized spacial score (nSPS) is 23.1. The fourth-order valence-electron chi connectivity index (χ4n) is 2.58. The van der Waals surface area contributed by atoms with Gasteiger partial charge in [-0.05, 0) is 37.5 Å². The van der Waals surface area contributed by atoms with Crippen LogP contribution in [0.4, 0.5) is 0 Å². The fraction of sp³-hybridized carbons (Fsp3) is 0.533. The van der Waals surface area contributed by atoms with Crippen molar-refractivity contribution in [1.82, 2.24) is 5.32 Å². The van der Waals surface area contributed by atoms with Crippen molar-refractivity contribution < 1.29 is 15.0 Å². The zero-order chi connectivity index (χ0) is 13.8. The first-order valence-electron chi connectivity index (χ1n) is 6.84. The number of hydrogen-bond donors (Lipinski definition) is 3. The van der Waals surface area contributed by atoms with Crippen LogP contribution < -0.4 is 5.32 Å². The molecule has 0 bridgehead atoms. The summed E-state index contributed by atoms with van der Waals surface area (Å²) in [4.78, 5) is 12.0. The number of aliphatic hydroxyl groups excluding tert-OH is 1. The molecule has 3 N–H and O–H groups in total. The summed E-state index contributed by atoms with van der Waals surface area (Å²) < 4.78 is 0. The first-order chi connectivity index (χ1) is 9.08. The molecule has 1 aliphatic rings. The van der Waals surface area contributed by atoms with Crippen molar-refractivity contribution in [2.75, 3.05) is 6.54 Å². The molecule has 1 amide bonds. The quantitative estimate of drug-likeness (QED) is 0.781. The molecule has 4 heteroatoms. The van der Waals surface area contributed by atoms with Gasteiger partial charge in [-0.25, -0.2) is 0 Å². The van der Waals surface area contributed by atoms with Gasteiger partial charge in [-0.1, -0.05) is 18.9 Å². The number of aliphatic hydroxyl groups is 1. The highest BCUT2D eigenvalue weighted by Gasteiger charge is 2.23. The Labute approximate surface area is 113 Å². The second-order valence-electron chi connectivity index (χ2n) is 5.34. The summed E-state index contributed by atoms with van der Waals surface area (Å²) in [5.41, 5.74) is 1.20. The van der Waals surface area contributed by atoms with E-state index in [9.17, 15) is 15.0 Å². The summed E-state index contributed by atoms with van der Waals surface area (Å²) in [6.07, 6.45) is 3.61. The number of nitrogens with one attached hydrogen (secondary N) is 1. The van der Waals surface area contributed by atoms with Crippen molar-refractivity contribution in [2.24, 2.45) is 5.92 Å². The first-order valence-corrected chi connectivity index (χ1v) is 6.84. The molecule has 104 valence electrons.